The first-order valence-corrected chi connectivity index (χ1v) is 5.82. The Morgan fingerprint density at radius 3 is 2.50 bits per heavy atom. The van der Waals surface area contributed by atoms with Crippen LogP contribution >= 0.6 is 0 Å². The molecule has 1 aliphatic rings. The molecular weight excluding hydrogens is 224 g/mol. The van der Waals surface area contributed by atoms with Gasteiger partial charge in [0.2, 0.25) is 0 Å². The maximum Gasteiger partial charge on any atom is 0.269 e. The van der Waals surface area contributed by atoms with Gasteiger partial charge in [-0.3, -0.25) is 0 Å². The van der Waals surface area contributed by atoms with Crippen LogP contribution in [0, 0.1) is 0 Å². The molecule has 0 saturated heterocycles. The lowest BCUT2D eigenvalue weighted by atomic mass is 10.3. The van der Waals surface area contributed by atoms with Gasteiger partial charge in [0, 0.05) is 19.8 Å². The van der Waals surface area contributed by atoms with Gasteiger partial charge in [-0.05, 0) is 12.1 Å². The number of hydrogen-bond donors (Lipinski definition) is 1. The average Bonchev–Trinajstić information content (AvgIpc) is 2.61. The quantitative estimate of drug-likeness (QED) is 0.793. The second kappa shape index (κ2) is 4.44. The van der Waals surface area contributed by atoms with Gasteiger partial charge in [-0.25, -0.2) is 4.21 Å². The Morgan fingerprint density at radius 2 is 1.88 bits per heavy atom. The molecular formula is C10H12N4OS. The number of benzene rings is 1. The fourth-order valence-electron chi connectivity index (χ4n) is 1.29. The van der Waals surface area contributed by atoms with Crippen LogP contribution in [0.1, 0.15) is 0 Å². The highest BCUT2D eigenvalue weighted by atomic mass is 32.2. The highest BCUT2D eigenvalue weighted by molar-refractivity contribution is 7.83. The zero-order valence-corrected chi connectivity index (χ0v) is 9.86. The van der Waals surface area contributed by atoms with Gasteiger partial charge in [-0.2, -0.15) is 0 Å². The summed E-state index contributed by atoms with van der Waals surface area (Å²) in [5, 5.41) is 3.09. The molecule has 84 valence electrons. The monoisotopic (exact) mass is 236 g/mol. The van der Waals surface area contributed by atoms with E-state index in [0.29, 0.717) is 11.7 Å². The molecule has 1 aliphatic heterocycles. The zero-order chi connectivity index (χ0) is 11.5. The van der Waals surface area contributed by atoms with Crippen LogP contribution in [0.4, 0.5) is 5.69 Å². The summed E-state index contributed by atoms with van der Waals surface area (Å²) in [5.74, 6) is 1.14. The van der Waals surface area contributed by atoms with Crippen LogP contribution in [0.2, 0.25) is 0 Å². The molecule has 0 amide bonds. The molecule has 2 rings (SSSR count). The number of rotatable bonds is 1. The Hall–Kier alpha value is -1.69. The molecule has 0 aliphatic carbocycles. The van der Waals surface area contributed by atoms with Crippen LogP contribution in [0.5, 0.6) is 0 Å². The highest BCUT2D eigenvalue weighted by Gasteiger charge is 2.20. The Balaban J connectivity index is 2.20. The van der Waals surface area contributed by atoms with E-state index in [-0.39, 0.29) is 0 Å². The van der Waals surface area contributed by atoms with Crippen LogP contribution in [-0.2, 0) is 11.2 Å². The molecule has 0 spiro atoms. The van der Waals surface area contributed by atoms with Crippen LogP contribution in [-0.4, -0.2) is 34.9 Å². The van der Waals surface area contributed by atoms with Crippen LogP contribution < -0.4 is 5.32 Å². The Kier molecular flexibility index (Phi) is 3.00. The summed E-state index contributed by atoms with van der Waals surface area (Å²) in [6.07, 6.45) is 0. The molecule has 1 aromatic rings. The SMILES string of the molecule is CN(C)C1=NS(=O)N=C1Nc1ccccc1. The van der Waals surface area contributed by atoms with Crippen molar-refractivity contribution < 1.29 is 4.21 Å². The van der Waals surface area contributed by atoms with E-state index in [1.54, 1.807) is 4.90 Å². The second-order valence-electron chi connectivity index (χ2n) is 3.47. The van der Waals surface area contributed by atoms with Gasteiger partial charge in [-0.1, -0.05) is 18.2 Å². The van der Waals surface area contributed by atoms with E-state index >= 15 is 0 Å². The molecule has 0 bridgehead atoms. The van der Waals surface area contributed by atoms with Crippen LogP contribution in [0.25, 0.3) is 0 Å². The summed E-state index contributed by atoms with van der Waals surface area (Å²) >= 11 is -1.51. The molecule has 0 radical (unpaired) electrons. The molecule has 5 nitrogen and oxygen atoms in total. The van der Waals surface area contributed by atoms with E-state index < -0.39 is 11.2 Å². The first-order valence-electron chi connectivity index (χ1n) is 4.76. The number of para-hydroxylation sites is 1. The smallest absolute Gasteiger partial charge is 0.269 e. The van der Waals surface area contributed by atoms with Gasteiger partial charge in [0.15, 0.2) is 11.7 Å². The maximum atomic E-state index is 11.2. The first-order chi connectivity index (χ1) is 7.66. The van der Waals surface area contributed by atoms with Crippen LogP contribution in [0.15, 0.2) is 39.1 Å². The molecule has 0 fully saturated rings. The topological polar surface area (TPSA) is 57.1 Å². The summed E-state index contributed by atoms with van der Waals surface area (Å²) in [5.41, 5.74) is 0.898. The Morgan fingerprint density at radius 1 is 1.19 bits per heavy atom. The normalized spacial score (nSPS) is 19.0. The molecule has 6 heteroatoms. The second-order valence-corrected chi connectivity index (χ2v) is 4.30. The number of anilines is 1. The lowest BCUT2D eigenvalue weighted by molar-refractivity contribution is 0.632. The van der Waals surface area contributed by atoms with Crippen molar-refractivity contribution >= 4 is 28.5 Å². The van der Waals surface area contributed by atoms with Crippen molar-refractivity contribution in [2.45, 2.75) is 0 Å². The maximum absolute atomic E-state index is 11.2. The van der Waals surface area contributed by atoms with Gasteiger partial charge in [0.1, 0.15) is 0 Å². The standard InChI is InChI=1S/C10H12N4OS/c1-14(2)10-9(12-16(15)13-10)11-8-6-4-3-5-7-8/h3-7H,1-2H3,(H,11,12). The fourth-order valence-corrected chi connectivity index (χ4v) is 2.01. The summed E-state index contributed by atoms with van der Waals surface area (Å²) in [6.45, 7) is 0. The van der Waals surface area contributed by atoms with E-state index in [4.69, 9.17) is 0 Å². The number of likely N-dealkylation sites (N-methyl/N-ethyl adjacent to an activating group) is 1. The lowest BCUT2D eigenvalue weighted by Crippen LogP contribution is -2.32. The van der Waals surface area contributed by atoms with Gasteiger partial charge >= 0.3 is 0 Å². The molecule has 0 aromatic heterocycles. The summed E-state index contributed by atoms with van der Waals surface area (Å²) in [4.78, 5) is 1.78. The van der Waals surface area contributed by atoms with E-state index in [9.17, 15) is 4.21 Å². The number of amidine groups is 2. The minimum absolute atomic E-state index is 0.537. The third-order valence-electron chi connectivity index (χ3n) is 2.01. The van der Waals surface area contributed by atoms with E-state index in [1.807, 2.05) is 44.4 Å². The van der Waals surface area contributed by atoms with E-state index in [1.165, 1.54) is 0 Å². The molecule has 1 N–H and O–H groups in total. The Labute approximate surface area is 96.6 Å². The van der Waals surface area contributed by atoms with Gasteiger partial charge in [0.05, 0.1) is 0 Å². The third-order valence-corrected chi connectivity index (χ3v) is 2.67. The predicted molar refractivity (Wildman–Crippen MR) is 66.8 cm³/mol. The van der Waals surface area contributed by atoms with E-state index in [2.05, 4.69) is 14.1 Å². The molecule has 0 saturated carbocycles. The number of nitrogens with one attached hydrogen (secondary N) is 1. The van der Waals surface area contributed by atoms with Crippen molar-refractivity contribution in [1.82, 2.24) is 4.90 Å². The highest BCUT2D eigenvalue weighted by Crippen LogP contribution is 2.10. The van der Waals surface area contributed by atoms with Crippen molar-refractivity contribution in [2.75, 3.05) is 19.4 Å². The van der Waals surface area contributed by atoms with Crippen molar-refractivity contribution in [1.29, 1.82) is 0 Å². The molecule has 1 heterocycles. The average molecular weight is 236 g/mol. The molecule has 1 unspecified atom stereocenters. The summed E-state index contributed by atoms with van der Waals surface area (Å²) in [6, 6.07) is 9.59. The number of hydrogen-bond acceptors (Lipinski definition) is 3. The minimum atomic E-state index is -1.51. The van der Waals surface area contributed by atoms with Gasteiger partial charge in [0.25, 0.3) is 11.2 Å². The van der Waals surface area contributed by atoms with Gasteiger partial charge < -0.3 is 10.2 Å². The third kappa shape index (κ3) is 2.27. The van der Waals surface area contributed by atoms with Gasteiger partial charge in [-0.15, -0.1) is 8.80 Å². The largest absolute Gasteiger partial charge is 0.359 e. The lowest BCUT2D eigenvalue weighted by Gasteiger charge is -2.14. The minimum Gasteiger partial charge on any atom is -0.359 e. The van der Waals surface area contributed by atoms with Crippen molar-refractivity contribution in [3.8, 4) is 0 Å². The Bertz CT molecular complexity index is 467. The molecule has 1 aromatic carbocycles. The van der Waals surface area contributed by atoms with E-state index in [0.717, 1.165) is 5.69 Å². The zero-order valence-electron chi connectivity index (χ0n) is 9.04. The molecule has 16 heavy (non-hydrogen) atoms. The summed E-state index contributed by atoms with van der Waals surface area (Å²) in [7, 11) is 3.67. The fraction of sp³-hybridized carbons (Fsp3) is 0.200. The van der Waals surface area contributed by atoms with Crippen molar-refractivity contribution in [3.63, 3.8) is 0 Å². The van der Waals surface area contributed by atoms with Crippen LogP contribution in [0.3, 0.4) is 0 Å². The van der Waals surface area contributed by atoms with Crippen molar-refractivity contribution in [2.24, 2.45) is 8.80 Å². The molecule has 1 atom stereocenters. The van der Waals surface area contributed by atoms with Crippen molar-refractivity contribution in [3.05, 3.63) is 30.3 Å². The number of nitrogens with zero attached hydrogens (tertiary/aromatic N) is 3. The summed E-state index contributed by atoms with van der Waals surface area (Å²) < 4.78 is 19.1. The predicted octanol–water partition coefficient (Wildman–Crippen LogP) is 1.05. The first kappa shape index (κ1) is 10.8.